The predicted octanol–water partition coefficient (Wildman–Crippen LogP) is 1.35. The van der Waals surface area contributed by atoms with Crippen LogP contribution in [0.15, 0.2) is 35.2 Å². The number of carbonyl (C=O) groups is 2. The molecule has 0 bridgehead atoms. The Morgan fingerprint density at radius 3 is 2.11 bits per heavy atom. The van der Waals surface area contributed by atoms with Gasteiger partial charge in [0.15, 0.2) is 0 Å². The Morgan fingerprint density at radius 2 is 1.67 bits per heavy atom. The lowest BCUT2D eigenvalue weighted by atomic mass is 10.2. The van der Waals surface area contributed by atoms with Gasteiger partial charge in [-0.05, 0) is 30.7 Å². The molecule has 0 atom stereocenters. The number of nitrogens with zero attached hydrogens (tertiary/aromatic N) is 1. The summed E-state index contributed by atoms with van der Waals surface area (Å²) in [4.78, 5) is 23.8. The third-order valence-electron chi connectivity index (χ3n) is 2.49. The van der Waals surface area contributed by atoms with Crippen LogP contribution in [0.5, 0.6) is 0 Å². The first-order valence-electron chi connectivity index (χ1n) is 4.92. The average molecular weight is 286 g/mol. The van der Waals surface area contributed by atoms with Gasteiger partial charge in [0.05, 0.1) is 10.6 Å². The zero-order valence-electron chi connectivity index (χ0n) is 9.25. The van der Waals surface area contributed by atoms with Gasteiger partial charge in [0.2, 0.25) is 0 Å². The summed E-state index contributed by atoms with van der Waals surface area (Å²) in [6.45, 7) is 1.54. The molecule has 2 rings (SSSR count). The maximum atomic E-state index is 11.5. The first-order chi connectivity index (χ1) is 8.30. The molecule has 1 heterocycles. The molecule has 0 unspecified atom stereocenters. The number of hydrogen-bond acceptors (Lipinski definition) is 4. The highest BCUT2D eigenvalue weighted by molar-refractivity contribution is 8.13. The van der Waals surface area contributed by atoms with Crippen molar-refractivity contribution >= 4 is 37.2 Å². The van der Waals surface area contributed by atoms with Crippen LogP contribution in [0.2, 0.25) is 0 Å². The molecular formula is C11H8ClNO4S. The van der Waals surface area contributed by atoms with Gasteiger partial charge in [-0.2, -0.15) is 0 Å². The van der Waals surface area contributed by atoms with Crippen LogP contribution in [-0.2, 0) is 18.6 Å². The van der Waals surface area contributed by atoms with E-state index in [9.17, 15) is 18.0 Å². The molecule has 18 heavy (non-hydrogen) atoms. The zero-order chi connectivity index (χ0) is 13.5. The smallest absolute Gasteiger partial charge is 0.261 e. The Hall–Kier alpha value is -1.66. The predicted molar refractivity (Wildman–Crippen MR) is 65.9 cm³/mol. The normalized spacial score (nSPS) is 15.6. The second kappa shape index (κ2) is 4.22. The van der Waals surface area contributed by atoms with E-state index in [2.05, 4.69) is 0 Å². The maximum absolute atomic E-state index is 11.5. The van der Waals surface area contributed by atoms with E-state index in [0.717, 1.165) is 17.1 Å². The van der Waals surface area contributed by atoms with Crippen LogP contribution in [0.25, 0.3) is 0 Å². The van der Waals surface area contributed by atoms with Gasteiger partial charge >= 0.3 is 0 Å². The van der Waals surface area contributed by atoms with Gasteiger partial charge in [-0.3, -0.25) is 9.59 Å². The molecule has 0 spiro atoms. The fourth-order valence-electron chi connectivity index (χ4n) is 1.70. The maximum Gasteiger partial charge on any atom is 0.261 e. The number of anilines is 1. The monoisotopic (exact) mass is 285 g/mol. The Bertz CT molecular complexity index is 660. The Labute approximate surface area is 108 Å². The Kier molecular flexibility index (Phi) is 3.00. The van der Waals surface area contributed by atoms with Crippen LogP contribution >= 0.6 is 10.7 Å². The van der Waals surface area contributed by atoms with Crippen molar-refractivity contribution in [2.75, 3.05) is 4.90 Å². The lowest BCUT2D eigenvalue weighted by Crippen LogP contribution is -2.29. The second-order valence-corrected chi connectivity index (χ2v) is 6.27. The summed E-state index contributed by atoms with van der Waals surface area (Å²) in [6.07, 6.45) is 2.31. The first-order valence-corrected chi connectivity index (χ1v) is 7.23. The SMILES string of the molecule is Cc1cc(N2C(=O)C=CC2=O)ccc1S(=O)(=O)Cl. The van der Waals surface area contributed by atoms with Crippen LogP contribution in [-0.4, -0.2) is 20.2 Å². The van der Waals surface area contributed by atoms with Crippen molar-refractivity contribution in [1.29, 1.82) is 0 Å². The largest absolute Gasteiger partial charge is 0.269 e. The fraction of sp³-hybridized carbons (Fsp3) is 0.0909. The summed E-state index contributed by atoms with van der Waals surface area (Å²) in [5, 5.41) is 0. The van der Waals surface area contributed by atoms with E-state index in [1.807, 2.05) is 0 Å². The van der Waals surface area contributed by atoms with Gasteiger partial charge in [0.25, 0.3) is 20.9 Å². The highest BCUT2D eigenvalue weighted by atomic mass is 35.7. The molecule has 0 saturated heterocycles. The summed E-state index contributed by atoms with van der Waals surface area (Å²) in [6, 6.07) is 4.06. The van der Waals surface area contributed by atoms with Crippen LogP contribution in [0.3, 0.4) is 0 Å². The summed E-state index contributed by atoms with van der Waals surface area (Å²) in [5.74, 6) is -0.915. The molecular weight excluding hydrogens is 278 g/mol. The van der Waals surface area contributed by atoms with Gasteiger partial charge in [-0.1, -0.05) is 0 Å². The van der Waals surface area contributed by atoms with Gasteiger partial charge in [-0.15, -0.1) is 0 Å². The van der Waals surface area contributed by atoms with E-state index < -0.39 is 20.9 Å². The molecule has 0 radical (unpaired) electrons. The topological polar surface area (TPSA) is 71.5 Å². The van der Waals surface area contributed by atoms with Crippen molar-refractivity contribution in [3.8, 4) is 0 Å². The summed E-state index contributed by atoms with van der Waals surface area (Å²) in [7, 11) is 1.41. The second-order valence-electron chi connectivity index (χ2n) is 3.73. The van der Waals surface area contributed by atoms with E-state index in [4.69, 9.17) is 10.7 Å². The number of halogens is 1. The standard InChI is InChI=1S/C11H8ClNO4S/c1-7-6-8(2-3-9(7)18(12,16)17)13-10(14)4-5-11(13)15/h2-6H,1H3. The van der Waals surface area contributed by atoms with Crippen LogP contribution in [0.4, 0.5) is 5.69 Å². The highest BCUT2D eigenvalue weighted by Crippen LogP contribution is 2.26. The highest BCUT2D eigenvalue weighted by Gasteiger charge is 2.26. The molecule has 1 aliphatic heterocycles. The quantitative estimate of drug-likeness (QED) is 0.607. The molecule has 0 saturated carbocycles. The van der Waals surface area contributed by atoms with E-state index >= 15 is 0 Å². The molecule has 1 aliphatic rings. The number of hydrogen-bond donors (Lipinski definition) is 0. The molecule has 0 aromatic heterocycles. The summed E-state index contributed by atoms with van der Waals surface area (Å²) >= 11 is 0. The summed E-state index contributed by atoms with van der Waals surface area (Å²) in [5.41, 5.74) is 0.687. The summed E-state index contributed by atoms with van der Waals surface area (Å²) < 4.78 is 22.4. The van der Waals surface area contributed by atoms with Crippen molar-refractivity contribution in [3.63, 3.8) is 0 Å². The fourth-order valence-corrected chi connectivity index (χ4v) is 2.89. The minimum absolute atomic E-state index is 0.0417. The van der Waals surface area contributed by atoms with Crippen LogP contribution in [0, 0.1) is 6.92 Å². The first kappa shape index (κ1) is 12.8. The van der Waals surface area contributed by atoms with Crippen molar-refractivity contribution in [1.82, 2.24) is 0 Å². The number of carbonyl (C=O) groups excluding carboxylic acids is 2. The van der Waals surface area contributed by atoms with Gasteiger partial charge in [0.1, 0.15) is 0 Å². The van der Waals surface area contributed by atoms with E-state index in [1.54, 1.807) is 0 Å². The zero-order valence-corrected chi connectivity index (χ0v) is 10.8. The van der Waals surface area contributed by atoms with Crippen molar-refractivity contribution in [2.24, 2.45) is 0 Å². The van der Waals surface area contributed by atoms with Gasteiger partial charge < -0.3 is 0 Å². The minimum Gasteiger partial charge on any atom is -0.269 e. The average Bonchev–Trinajstić information content (AvgIpc) is 2.56. The van der Waals surface area contributed by atoms with Crippen LogP contribution < -0.4 is 4.90 Å². The molecule has 1 aromatic rings. The van der Waals surface area contributed by atoms with Crippen LogP contribution in [0.1, 0.15) is 5.56 Å². The van der Waals surface area contributed by atoms with E-state index in [0.29, 0.717) is 11.3 Å². The van der Waals surface area contributed by atoms with Crippen molar-refractivity contribution < 1.29 is 18.0 Å². The Morgan fingerprint density at radius 1 is 1.11 bits per heavy atom. The lowest BCUT2D eigenvalue weighted by molar-refractivity contribution is -0.119. The van der Waals surface area contributed by atoms with E-state index in [-0.39, 0.29) is 4.90 Å². The Balaban J connectivity index is 2.48. The van der Waals surface area contributed by atoms with Gasteiger partial charge in [-0.25, -0.2) is 13.3 Å². The molecule has 5 nitrogen and oxygen atoms in total. The van der Waals surface area contributed by atoms with Gasteiger partial charge in [0, 0.05) is 22.8 Å². The molecule has 0 fully saturated rings. The molecule has 0 aliphatic carbocycles. The minimum atomic E-state index is -3.83. The molecule has 7 heteroatoms. The molecule has 94 valence electrons. The third-order valence-corrected chi connectivity index (χ3v) is 3.97. The molecule has 2 amide bonds. The number of rotatable bonds is 2. The molecule has 1 aromatic carbocycles. The van der Waals surface area contributed by atoms with E-state index in [1.165, 1.54) is 25.1 Å². The lowest BCUT2D eigenvalue weighted by Gasteiger charge is -2.15. The number of imide groups is 1. The number of amides is 2. The third kappa shape index (κ3) is 2.16. The molecule has 0 N–H and O–H groups in total. The number of aryl methyl sites for hydroxylation is 1. The van der Waals surface area contributed by atoms with Crippen molar-refractivity contribution in [3.05, 3.63) is 35.9 Å². The van der Waals surface area contributed by atoms with Crippen molar-refractivity contribution in [2.45, 2.75) is 11.8 Å². The number of benzene rings is 1.